The van der Waals surface area contributed by atoms with Gasteiger partial charge in [0.05, 0.1) is 6.04 Å². The maximum atomic E-state index is 12.7. The predicted octanol–water partition coefficient (Wildman–Crippen LogP) is 2.99. The summed E-state index contributed by atoms with van der Waals surface area (Å²) in [4.78, 5) is 14.5. The van der Waals surface area contributed by atoms with E-state index >= 15 is 0 Å². The van der Waals surface area contributed by atoms with Crippen LogP contribution in [0.5, 0.6) is 0 Å². The van der Waals surface area contributed by atoms with Crippen LogP contribution >= 0.6 is 0 Å². The Morgan fingerprint density at radius 3 is 2.91 bits per heavy atom. The molecule has 1 aliphatic heterocycles. The number of carbonyl (C=O) groups is 1. The number of carbonyl (C=O) groups excluding carboxylic acids is 1. The lowest BCUT2D eigenvalue weighted by Crippen LogP contribution is -2.44. The van der Waals surface area contributed by atoms with Gasteiger partial charge in [-0.05, 0) is 31.9 Å². The number of hydrazine groups is 1. The second-order valence-electron chi connectivity index (χ2n) is 6.37. The van der Waals surface area contributed by atoms with Crippen LogP contribution in [-0.4, -0.2) is 29.9 Å². The molecule has 2 heterocycles. The third-order valence-corrected chi connectivity index (χ3v) is 4.70. The molecule has 5 nitrogen and oxygen atoms in total. The van der Waals surface area contributed by atoms with Crippen molar-refractivity contribution in [2.24, 2.45) is 0 Å². The molecule has 0 saturated carbocycles. The standard InChI is InChI=1S/C18H25N3O2/c1-4-7-14-11-15(20-19-14)18(22)21(3)12(2)17-10-13-8-5-6-9-16(13)23-17/h5-6,8-10,12,14-15,19-20H,4,7,11H2,1-3H3. The summed E-state index contributed by atoms with van der Waals surface area (Å²) in [6, 6.07) is 10.1. The molecule has 3 atom stereocenters. The van der Waals surface area contributed by atoms with Gasteiger partial charge in [-0.3, -0.25) is 10.2 Å². The van der Waals surface area contributed by atoms with E-state index in [0.29, 0.717) is 6.04 Å². The van der Waals surface area contributed by atoms with Crippen molar-refractivity contribution in [3.63, 3.8) is 0 Å². The monoisotopic (exact) mass is 315 g/mol. The fraction of sp³-hybridized carbons (Fsp3) is 0.500. The zero-order valence-electron chi connectivity index (χ0n) is 14.0. The average Bonchev–Trinajstić information content (AvgIpc) is 3.19. The van der Waals surface area contributed by atoms with Crippen LogP contribution in [0.1, 0.15) is 44.9 Å². The van der Waals surface area contributed by atoms with E-state index in [9.17, 15) is 4.79 Å². The fourth-order valence-corrected chi connectivity index (χ4v) is 3.16. The number of para-hydroxylation sites is 1. The van der Waals surface area contributed by atoms with Crippen molar-refractivity contribution >= 4 is 16.9 Å². The number of hydrogen-bond acceptors (Lipinski definition) is 4. The number of benzene rings is 1. The van der Waals surface area contributed by atoms with E-state index in [0.717, 1.165) is 36.0 Å². The first-order chi connectivity index (χ1) is 11.1. The highest BCUT2D eigenvalue weighted by atomic mass is 16.3. The minimum absolute atomic E-state index is 0.0954. The summed E-state index contributed by atoms with van der Waals surface area (Å²) in [7, 11) is 1.84. The third kappa shape index (κ3) is 3.26. The molecule has 0 spiro atoms. The van der Waals surface area contributed by atoms with Crippen LogP contribution in [0.3, 0.4) is 0 Å². The molecule has 3 rings (SSSR count). The van der Waals surface area contributed by atoms with Crippen molar-refractivity contribution in [3.05, 3.63) is 36.1 Å². The highest BCUT2D eigenvalue weighted by Gasteiger charge is 2.32. The van der Waals surface area contributed by atoms with Crippen molar-refractivity contribution in [2.45, 2.75) is 51.2 Å². The molecular weight excluding hydrogens is 290 g/mol. The second-order valence-corrected chi connectivity index (χ2v) is 6.37. The number of nitrogens with one attached hydrogen (secondary N) is 2. The van der Waals surface area contributed by atoms with Gasteiger partial charge in [-0.1, -0.05) is 31.5 Å². The van der Waals surface area contributed by atoms with Crippen LogP contribution in [0, 0.1) is 0 Å². The number of furan rings is 1. The van der Waals surface area contributed by atoms with Gasteiger partial charge in [0.25, 0.3) is 0 Å². The van der Waals surface area contributed by atoms with Crippen LogP contribution in [0.2, 0.25) is 0 Å². The Labute approximate surface area is 137 Å². The number of fused-ring (bicyclic) bond motifs is 1. The lowest BCUT2D eigenvalue weighted by atomic mass is 10.0. The molecule has 0 radical (unpaired) electrons. The van der Waals surface area contributed by atoms with Crippen LogP contribution in [0.15, 0.2) is 34.7 Å². The Hall–Kier alpha value is -1.85. The largest absolute Gasteiger partial charge is 0.459 e. The molecule has 1 amide bonds. The summed E-state index contributed by atoms with van der Waals surface area (Å²) >= 11 is 0. The summed E-state index contributed by atoms with van der Waals surface area (Å²) in [6.45, 7) is 4.16. The minimum Gasteiger partial charge on any atom is -0.459 e. The molecule has 3 unspecified atom stereocenters. The van der Waals surface area contributed by atoms with Gasteiger partial charge in [0, 0.05) is 18.5 Å². The van der Waals surface area contributed by atoms with Crippen LogP contribution in [-0.2, 0) is 4.79 Å². The first kappa shape index (κ1) is 16.0. The Balaban J connectivity index is 1.69. The molecule has 0 bridgehead atoms. The van der Waals surface area contributed by atoms with E-state index in [1.165, 1.54) is 0 Å². The smallest absolute Gasteiger partial charge is 0.241 e. The summed E-state index contributed by atoms with van der Waals surface area (Å²) in [5.41, 5.74) is 7.22. The van der Waals surface area contributed by atoms with Gasteiger partial charge in [-0.15, -0.1) is 0 Å². The van der Waals surface area contributed by atoms with Gasteiger partial charge in [-0.25, -0.2) is 5.43 Å². The lowest BCUT2D eigenvalue weighted by molar-refractivity contribution is -0.134. The van der Waals surface area contributed by atoms with Gasteiger partial charge >= 0.3 is 0 Å². The third-order valence-electron chi connectivity index (χ3n) is 4.70. The maximum absolute atomic E-state index is 12.7. The van der Waals surface area contributed by atoms with E-state index < -0.39 is 0 Å². The van der Waals surface area contributed by atoms with Gasteiger partial charge in [0.2, 0.25) is 5.91 Å². The molecule has 5 heteroatoms. The van der Waals surface area contributed by atoms with Crippen molar-refractivity contribution in [1.82, 2.24) is 15.8 Å². The Bertz CT molecular complexity index is 649. The van der Waals surface area contributed by atoms with Gasteiger partial charge in [-0.2, -0.15) is 0 Å². The molecular formula is C18H25N3O2. The fourth-order valence-electron chi connectivity index (χ4n) is 3.16. The average molecular weight is 315 g/mol. The van der Waals surface area contributed by atoms with Gasteiger partial charge in [0.1, 0.15) is 17.4 Å². The van der Waals surface area contributed by atoms with Crippen molar-refractivity contribution in [3.8, 4) is 0 Å². The first-order valence-electron chi connectivity index (χ1n) is 8.36. The van der Waals surface area contributed by atoms with Crippen LogP contribution < -0.4 is 10.9 Å². The first-order valence-corrected chi connectivity index (χ1v) is 8.36. The highest BCUT2D eigenvalue weighted by Crippen LogP contribution is 2.27. The minimum atomic E-state index is -0.164. The molecule has 1 aromatic carbocycles. The summed E-state index contributed by atoms with van der Waals surface area (Å²) < 4.78 is 5.89. The molecule has 23 heavy (non-hydrogen) atoms. The maximum Gasteiger partial charge on any atom is 0.241 e. The molecule has 2 N–H and O–H groups in total. The van der Waals surface area contributed by atoms with E-state index in [1.54, 1.807) is 4.90 Å². The Kier molecular flexibility index (Phi) is 4.68. The number of nitrogens with zero attached hydrogens (tertiary/aromatic N) is 1. The molecule has 1 saturated heterocycles. The zero-order chi connectivity index (χ0) is 16.4. The highest BCUT2D eigenvalue weighted by molar-refractivity contribution is 5.83. The van der Waals surface area contributed by atoms with Crippen molar-refractivity contribution < 1.29 is 9.21 Å². The molecule has 1 aliphatic rings. The quantitative estimate of drug-likeness (QED) is 0.890. The van der Waals surface area contributed by atoms with E-state index in [-0.39, 0.29) is 18.0 Å². The van der Waals surface area contributed by atoms with Crippen LogP contribution in [0.4, 0.5) is 0 Å². The number of amides is 1. The number of rotatable bonds is 5. The molecule has 1 fully saturated rings. The summed E-state index contributed by atoms with van der Waals surface area (Å²) in [6.07, 6.45) is 3.04. The van der Waals surface area contributed by atoms with Crippen molar-refractivity contribution in [2.75, 3.05) is 7.05 Å². The van der Waals surface area contributed by atoms with E-state index in [2.05, 4.69) is 17.8 Å². The molecule has 0 aliphatic carbocycles. The van der Waals surface area contributed by atoms with Crippen molar-refractivity contribution in [1.29, 1.82) is 0 Å². The second kappa shape index (κ2) is 6.72. The SMILES string of the molecule is CCCC1CC(C(=O)N(C)C(C)c2cc3ccccc3o2)NN1. The topological polar surface area (TPSA) is 57.5 Å². The zero-order valence-corrected chi connectivity index (χ0v) is 14.0. The Morgan fingerprint density at radius 2 is 2.17 bits per heavy atom. The predicted molar refractivity (Wildman–Crippen MR) is 90.8 cm³/mol. The Morgan fingerprint density at radius 1 is 1.39 bits per heavy atom. The van der Waals surface area contributed by atoms with E-state index in [1.807, 2.05) is 44.3 Å². The lowest BCUT2D eigenvalue weighted by Gasteiger charge is -2.26. The summed E-state index contributed by atoms with van der Waals surface area (Å²) in [5, 5.41) is 1.07. The van der Waals surface area contributed by atoms with E-state index in [4.69, 9.17) is 4.42 Å². The van der Waals surface area contributed by atoms with Gasteiger partial charge in [0.15, 0.2) is 0 Å². The normalized spacial score (nSPS) is 22.4. The summed E-state index contributed by atoms with van der Waals surface area (Å²) in [5.74, 6) is 0.919. The molecule has 2 aromatic rings. The molecule has 124 valence electrons. The number of hydrogen-bond donors (Lipinski definition) is 2. The molecule has 1 aromatic heterocycles. The van der Waals surface area contributed by atoms with Gasteiger partial charge < -0.3 is 9.32 Å². The number of likely N-dealkylation sites (N-methyl/N-ethyl adjacent to an activating group) is 1. The van der Waals surface area contributed by atoms with Crippen LogP contribution in [0.25, 0.3) is 11.0 Å².